The lowest BCUT2D eigenvalue weighted by molar-refractivity contribution is 0.342. The number of halogens is 1. The van der Waals surface area contributed by atoms with Gasteiger partial charge in [0, 0.05) is 24.9 Å². The fraction of sp³-hybridized carbons (Fsp3) is 0.368. The number of rotatable bonds is 4. The fourth-order valence-electron chi connectivity index (χ4n) is 3.53. The first-order chi connectivity index (χ1) is 12.7. The van der Waals surface area contributed by atoms with Crippen LogP contribution >= 0.6 is 0 Å². The number of imidazole rings is 1. The highest BCUT2D eigenvalue weighted by atomic mass is 19.1. The fourth-order valence-corrected chi connectivity index (χ4v) is 3.53. The van der Waals surface area contributed by atoms with E-state index in [9.17, 15) is 4.39 Å². The van der Waals surface area contributed by atoms with Crippen LogP contribution in [-0.4, -0.2) is 25.4 Å². The van der Waals surface area contributed by atoms with Gasteiger partial charge in [-0.05, 0) is 49.8 Å². The third kappa shape index (κ3) is 3.36. The Balaban J connectivity index is 1.52. The molecule has 1 aliphatic carbocycles. The molecule has 1 aliphatic rings. The molecule has 0 amide bonds. The molecule has 1 saturated carbocycles. The number of pyridine rings is 1. The zero-order valence-electron chi connectivity index (χ0n) is 14.3. The van der Waals surface area contributed by atoms with E-state index in [0.29, 0.717) is 35.5 Å². The van der Waals surface area contributed by atoms with Crippen LogP contribution in [0.25, 0.3) is 17.2 Å². The molecule has 0 bridgehead atoms. The van der Waals surface area contributed by atoms with Crippen molar-refractivity contribution in [2.45, 2.75) is 38.1 Å². The minimum Gasteiger partial charge on any atom is -0.367 e. The first kappa shape index (κ1) is 16.5. The average Bonchev–Trinajstić information content (AvgIpc) is 3.07. The maximum atomic E-state index is 13.6. The van der Waals surface area contributed by atoms with Gasteiger partial charge in [-0.25, -0.2) is 19.3 Å². The van der Waals surface area contributed by atoms with E-state index in [4.69, 9.17) is 5.26 Å². The SMILES string of the molecule is N#CC[C@H]1CC[C@H](Nc2ccnc(-c3cnc4ccc(F)cn34)n2)CC1. The monoisotopic (exact) mass is 350 g/mol. The molecule has 3 aromatic heterocycles. The summed E-state index contributed by atoms with van der Waals surface area (Å²) in [6.45, 7) is 0. The Hall–Kier alpha value is -3.01. The molecule has 7 heteroatoms. The predicted molar refractivity (Wildman–Crippen MR) is 95.8 cm³/mol. The Morgan fingerprint density at radius 2 is 2.04 bits per heavy atom. The van der Waals surface area contributed by atoms with Crippen molar-refractivity contribution in [1.82, 2.24) is 19.4 Å². The van der Waals surface area contributed by atoms with Crippen molar-refractivity contribution in [1.29, 1.82) is 5.26 Å². The van der Waals surface area contributed by atoms with Crippen LogP contribution in [0.1, 0.15) is 32.1 Å². The lowest BCUT2D eigenvalue weighted by Crippen LogP contribution is -2.26. The van der Waals surface area contributed by atoms with Crippen LogP contribution in [0, 0.1) is 23.1 Å². The van der Waals surface area contributed by atoms with Crippen LogP contribution in [0.2, 0.25) is 0 Å². The van der Waals surface area contributed by atoms with Gasteiger partial charge in [-0.3, -0.25) is 4.40 Å². The second-order valence-corrected chi connectivity index (χ2v) is 6.71. The first-order valence-electron chi connectivity index (χ1n) is 8.82. The molecule has 0 aromatic carbocycles. The van der Waals surface area contributed by atoms with E-state index in [1.54, 1.807) is 22.9 Å². The molecule has 0 aliphatic heterocycles. The molecular formula is C19H19FN6. The van der Waals surface area contributed by atoms with Crippen LogP contribution in [0.5, 0.6) is 0 Å². The van der Waals surface area contributed by atoms with Gasteiger partial charge in [-0.15, -0.1) is 0 Å². The highest BCUT2D eigenvalue weighted by Crippen LogP contribution is 2.28. The van der Waals surface area contributed by atoms with E-state index in [-0.39, 0.29) is 5.82 Å². The van der Waals surface area contributed by atoms with Crippen molar-refractivity contribution < 1.29 is 4.39 Å². The Morgan fingerprint density at radius 3 is 2.85 bits per heavy atom. The molecule has 4 rings (SSSR count). The number of fused-ring (bicyclic) bond motifs is 1. The van der Waals surface area contributed by atoms with Gasteiger partial charge >= 0.3 is 0 Å². The zero-order valence-corrected chi connectivity index (χ0v) is 14.3. The van der Waals surface area contributed by atoms with Crippen molar-refractivity contribution >= 4 is 11.5 Å². The van der Waals surface area contributed by atoms with Gasteiger partial charge in [0.15, 0.2) is 5.82 Å². The van der Waals surface area contributed by atoms with Crippen LogP contribution < -0.4 is 5.32 Å². The van der Waals surface area contributed by atoms with Gasteiger partial charge in [0.05, 0.1) is 12.3 Å². The van der Waals surface area contributed by atoms with Gasteiger partial charge < -0.3 is 5.32 Å². The number of nitrogens with one attached hydrogen (secondary N) is 1. The van der Waals surface area contributed by atoms with Gasteiger partial charge in [-0.2, -0.15) is 5.26 Å². The third-order valence-corrected chi connectivity index (χ3v) is 4.93. The number of hydrogen-bond donors (Lipinski definition) is 1. The van der Waals surface area contributed by atoms with Crippen molar-refractivity contribution in [3.05, 3.63) is 42.6 Å². The Bertz CT molecular complexity index is 952. The summed E-state index contributed by atoms with van der Waals surface area (Å²) in [4.78, 5) is 13.2. The molecule has 0 saturated heterocycles. The van der Waals surface area contributed by atoms with Gasteiger partial charge in [0.25, 0.3) is 0 Å². The smallest absolute Gasteiger partial charge is 0.180 e. The Morgan fingerprint density at radius 1 is 1.19 bits per heavy atom. The summed E-state index contributed by atoms with van der Waals surface area (Å²) >= 11 is 0. The maximum absolute atomic E-state index is 13.6. The number of aromatic nitrogens is 4. The van der Waals surface area contributed by atoms with E-state index in [1.807, 2.05) is 6.07 Å². The predicted octanol–water partition coefficient (Wildman–Crippen LogP) is 3.81. The molecule has 0 radical (unpaired) electrons. The van der Waals surface area contributed by atoms with Crippen LogP contribution in [-0.2, 0) is 0 Å². The van der Waals surface area contributed by atoms with E-state index < -0.39 is 0 Å². The number of nitrogens with zero attached hydrogens (tertiary/aromatic N) is 5. The van der Waals surface area contributed by atoms with Crippen LogP contribution in [0.3, 0.4) is 0 Å². The molecule has 132 valence electrons. The second-order valence-electron chi connectivity index (χ2n) is 6.71. The zero-order chi connectivity index (χ0) is 17.9. The Labute approximate surface area is 150 Å². The summed E-state index contributed by atoms with van der Waals surface area (Å²) in [5.41, 5.74) is 1.31. The highest BCUT2D eigenvalue weighted by Gasteiger charge is 2.21. The minimum atomic E-state index is -0.333. The minimum absolute atomic E-state index is 0.333. The summed E-state index contributed by atoms with van der Waals surface area (Å²) in [7, 11) is 0. The maximum Gasteiger partial charge on any atom is 0.180 e. The molecule has 6 nitrogen and oxygen atoms in total. The van der Waals surface area contributed by atoms with Crippen molar-refractivity contribution in [2.24, 2.45) is 5.92 Å². The summed E-state index contributed by atoms with van der Waals surface area (Å²) in [5.74, 6) is 1.45. The largest absolute Gasteiger partial charge is 0.367 e. The standard InChI is InChI=1S/C19H19FN6/c20-14-3-6-18-23-11-16(26(18)12-14)19-22-10-8-17(25-19)24-15-4-1-13(2-5-15)7-9-21/h3,6,8,10-13,15H,1-2,4-5,7H2,(H,22,24,25)/t13-,15-. The van der Waals surface area contributed by atoms with E-state index in [1.165, 1.54) is 12.3 Å². The lowest BCUT2D eigenvalue weighted by Gasteiger charge is -2.28. The quantitative estimate of drug-likeness (QED) is 0.774. The van der Waals surface area contributed by atoms with E-state index >= 15 is 0 Å². The summed E-state index contributed by atoms with van der Waals surface area (Å²) in [6, 6.07) is 7.47. The molecule has 26 heavy (non-hydrogen) atoms. The highest BCUT2D eigenvalue weighted by molar-refractivity contribution is 5.58. The average molecular weight is 350 g/mol. The first-order valence-corrected chi connectivity index (χ1v) is 8.82. The number of anilines is 1. The molecule has 0 atom stereocenters. The second kappa shape index (κ2) is 7.08. The Kier molecular flexibility index (Phi) is 4.48. The molecule has 1 N–H and O–H groups in total. The lowest BCUT2D eigenvalue weighted by atomic mass is 9.84. The third-order valence-electron chi connectivity index (χ3n) is 4.93. The molecule has 3 aromatic rings. The number of hydrogen-bond acceptors (Lipinski definition) is 5. The van der Waals surface area contributed by atoms with Crippen molar-refractivity contribution in [3.63, 3.8) is 0 Å². The molecule has 1 fully saturated rings. The van der Waals surface area contributed by atoms with Crippen LogP contribution in [0.15, 0.2) is 36.8 Å². The van der Waals surface area contributed by atoms with Gasteiger partial charge in [-0.1, -0.05) is 0 Å². The summed E-state index contributed by atoms with van der Waals surface area (Å²) in [5, 5.41) is 12.3. The van der Waals surface area contributed by atoms with Crippen molar-refractivity contribution in [3.8, 4) is 17.6 Å². The van der Waals surface area contributed by atoms with E-state index in [2.05, 4.69) is 26.3 Å². The summed E-state index contributed by atoms with van der Waals surface area (Å²) in [6.07, 6.45) is 9.59. The van der Waals surface area contributed by atoms with Gasteiger partial charge in [0.1, 0.15) is 23.0 Å². The molecule has 3 heterocycles. The molecule has 0 spiro atoms. The van der Waals surface area contributed by atoms with Crippen LogP contribution in [0.4, 0.5) is 10.2 Å². The molecule has 0 unspecified atom stereocenters. The number of nitriles is 1. The molecular weight excluding hydrogens is 331 g/mol. The van der Waals surface area contributed by atoms with Gasteiger partial charge in [0.2, 0.25) is 0 Å². The van der Waals surface area contributed by atoms with Crippen molar-refractivity contribution in [2.75, 3.05) is 5.32 Å². The summed E-state index contributed by atoms with van der Waals surface area (Å²) < 4.78 is 15.2. The normalized spacial score (nSPS) is 20.0. The van der Waals surface area contributed by atoms with E-state index in [0.717, 1.165) is 31.5 Å². The topological polar surface area (TPSA) is 78.9 Å².